The average Bonchev–Trinajstić information content (AvgIpc) is 2.19. The van der Waals surface area contributed by atoms with Crippen molar-refractivity contribution in [3.8, 4) is 0 Å². The molecule has 0 spiro atoms. The first-order valence-corrected chi connectivity index (χ1v) is 6.11. The first-order valence-electron chi connectivity index (χ1n) is 5.06. The maximum absolute atomic E-state index is 11.6. The van der Waals surface area contributed by atoms with Crippen molar-refractivity contribution in [2.45, 2.75) is 37.9 Å². The Labute approximate surface area is 84.4 Å². The predicted molar refractivity (Wildman–Crippen MR) is 56.2 cm³/mol. The van der Waals surface area contributed by atoms with Crippen LogP contribution in [0.15, 0.2) is 0 Å². The molecule has 1 aliphatic rings. The summed E-state index contributed by atoms with van der Waals surface area (Å²) in [5.74, 6) is 1.54. The maximum atomic E-state index is 11.6. The normalized spacial score (nSPS) is 23.0. The van der Waals surface area contributed by atoms with Gasteiger partial charge in [-0.2, -0.15) is 11.8 Å². The van der Waals surface area contributed by atoms with Gasteiger partial charge in [0.15, 0.2) is 0 Å². The first kappa shape index (κ1) is 11.1. The number of carbonyl (C=O) groups is 1. The number of hydrogen-bond acceptors (Lipinski definition) is 3. The molecule has 13 heavy (non-hydrogen) atoms. The third-order valence-electron chi connectivity index (χ3n) is 2.24. The standard InChI is InChI=1S/C10H18O2S/c1-2-12-7-6-9(11)10-5-3-4-8-13-10/h10H,2-8H2,1H3. The van der Waals surface area contributed by atoms with Crippen molar-refractivity contribution in [3.05, 3.63) is 0 Å². The Morgan fingerprint density at radius 3 is 3.00 bits per heavy atom. The van der Waals surface area contributed by atoms with E-state index in [-0.39, 0.29) is 5.25 Å². The molecule has 1 heterocycles. The van der Waals surface area contributed by atoms with Crippen molar-refractivity contribution in [2.75, 3.05) is 19.0 Å². The van der Waals surface area contributed by atoms with Crippen molar-refractivity contribution in [1.29, 1.82) is 0 Å². The molecule has 0 saturated carbocycles. The van der Waals surface area contributed by atoms with Crippen LogP contribution in [-0.4, -0.2) is 30.0 Å². The lowest BCUT2D eigenvalue weighted by Gasteiger charge is -2.19. The van der Waals surface area contributed by atoms with Crippen LogP contribution in [0.1, 0.15) is 32.6 Å². The number of rotatable bonds is 5. The minimum absolute atomic E-state index is 0.272. The number of Topliss-reactive ketones (excluding diaryl/α,β-unsaturated/α-hetero) is 1. The smallest absolute Gasteiger partial charge is 0.148 e. The lowest BCUT2D eigenvalue weighted by atomic mass is 10.1. The number of ether oxygens (including phenoxy) is 1. The molecule has 0 bridgehead atoms. The van der Waals surface area contributed by atoms with E-state index in [9.17, 15) is 4.79 Å². The van der Waals surface area contributed by atoms with E-state index in [1.54, 1.807) is 0 Å². The van der Waals surface area contributed by atoms with Crippen molar-refractivity contribution < 1.29 is 9.53 Å². The summed E-state index contributed by atoms with van der Waals surface area (Å²) < 4.78 is 5.16. The van der Waals surface area contributed by atoms with Crippen molar-refractivity contribution in [3.63, 3.8) is 0 Å². The second-order valence-electron chi connectivity index (χ2n) is 3.27. The fourth-order valence-corrected chi connectivity index (χ4v) is 2.77. The van der Waals surface area contributed by atoms with E-state index in [0.29, 0.717) is 25.4 Å². The van der Waals surface area contributed by atoms with E-state index in [2.05, 4.69) is 0 Å². The molecule has 2 nitrogen and oxygen atoms in total. The Morgan fingerprint density at radius 1 is 1.54 bits per heavy atom. The molecule has 0 amide bonds. The van der Waals surface area contributed by atoms with Crippen LogP contribution >= 0.6 is 11.8 Å². The van der Waals surface area contributed by atoms with Gasteiger partial charge in [0.25, 0.3) is 0 Å². The lowest BCUT2D eigenvalue weighted by Crippen LogP contribution is -2.22. The molecule has 0 aromatic rings. The summed E-state index contributed by atoms with van der Waals surface area (Å²) in [6.07, 6.45) is 4.18. The Morgan fingerprint density at radius 2 is 2.38 bits per heavy atom. The van der Waals surface area contributed by atoms with Gasteiger partial charge in [-0.1, -0.05) is 6.42 Å². The summed E-state index contributed by atoms with van der Waals surface area (Å²) in [4.78, 5) is 11.6. The summed E-state index contributed by atoms with van der Waals surface area (Å²) >= 11 is 1.82. The van der Waals surface area contributed by atoms with Gasteiger partial charge in [-0.15, -0.1) is 0 Å². The SMILES string of the molecule is CCOCCC(=O)C1CCCCS1. The highest BCUT2D eigenvalue weighted by atomic mass is 32.2. The van der Waals surface area contributed by atoms with Crippen LogP contribution in [0, 0.1) is 0 Å². The molecule has 0 N–H and O–H groups in total. The molecule has 1 atom stereocenters. The summed E-state index contributed by atoms with van der Waals surface area (Å²) in [5, 5.41) is 0.272. The van der Waals surface area contributed by atoms with Crippen LogP contribution in [-0.2, 0) is 9.53 Å². The highest BCUT2D eigenvalue weighted by Gasteiger charge is 2.20. The van der Waals surface area contributed by atoms with E-state index >= 15 is 0 Å². The van der Waals surface area contributed by atoms with Crippen LogP contribution in [0.5, 0.6) is 0 Å². The van der Waals surface area contributed by atoms with Gasteiger partial charge in [-0.05, 0) is 25.5 Å². The van der Waals surface area contributed by atoms with Crippen LogP contribution in [0.3, 0.4) is 0 Å². The van der Waals surface area contributed by atoms with Crippen molar-refractivity contribution in [1.82, 2.24) is 0 Å². The number of carbonyl (C=O) groups excluding carboxylic acids is 1. The molecule has 0 aromatic heterocycles. The molecule has 1 fully saturated rings. The van der Waals surface area contributed by atoms with Gasteiger partial charge in [-0.25, -0.2) is 0 Å². The molecule has 1 aliphatic heterocycles. The fraction of sp³-hybridized carbons (Fsp3) is 0.900. The summed E-state index contributed by atoms with van der Waals surface area (Å²) in [6, 6.07) is 0. The average molecular weight is 202 g/mol. The second-order valence-corrected chi connectivity index (χ2v) is 4.58. The van der Waals surface area contributed by atoms with Crippen molar-refractivity contribution in [2.24, 2.45) is 0 Å². The highest BCUT2D eigenvalue weighted by molar-refractivity contribution is 8.00. The molecular formula is C10H18O2S. The van der Waals surface area contributed by atoms with Gasteiger partial charge in [0.05, 0.1) is 11.9 Å². The Hall–Kier alpha value is -0.0200. The second kappa shape index (κ2) is 6.44. The molecular weight excluding hydrogens is 184 g/mol. The van der Waals surface area contributed by atoms with E-state index in [4.69, 9.17) is 4.74 Å². The zero-order valence-electron chi connectivity index (χ0n) is 8.25. The molecule has 1 saturated heterocycles. The Balaban J connectivity index is 2.13. The predicted octanol–water partition coefficient (Wildman–Crippen LogP) is 2.27. The van der Waals surface area contributed by atoms with Crippen LogP contribution in [0.2, 0.25) is 0 Å². The van der Waals surface area contributed by atoms with E-state index in [1.165, 1.54) is 12.8 Å². The summed E-state index contributed by atoms with van der Waals surface area (Å²) in [7, 11) is 0. The van der Waals surface area contributed by atoms with Gasteiger partial charge in [0.1, 0.15) is 5.78 Å². The molecule has 76 valence electrons. The topological polar surface area (TPSA) is 26.3 Å². The van der Waals surface area contributed by atoms with Crippen molar-refractivity contribution >= 4 is 17.5 Å². The molecule has 3 heteroatoms. The fourth-order valence-electron chi connectivity index (χ4n) is 1.47. The number of thioether (sulfide) groups is 1. The Kier molecular flexibility index (Phi) is 5.47. The summed E-state index contributed by atoms with van der Waals surface area (Å²) in [6.45, 7) is 3.28. The van der Waals surface area contributed by atoms with Gasteiger partial charge in [0, 0.05) is 13.0 Å². The molecule has 1 unspecified atom stereocenters. The minimum Gasteiger partial charge on any atom is -0.381 e. The Bertz CT molecular complexity index is 153. The molecule has 0 aliphatic carbocycles. The van der Waals surface area contributed by atoms with Gasteiger partial charge in [-0.3, -0.25) is 4.79 Å². The van der Waals surface area contributed by atoms with Gasteiger partial charge in [0.2, 0.25) is 0 Å². The van der Waals surface area contributed by atoms with Crippen LogP contribution in [0.4, 0.5) is 0 Å². The highest BCUT2D eigenvalue weighted by Crippen LogP contribution is 2.26. The van der Waals surface area contributed by atoms with E-state index < -0.39 is 0 Å². The monoisotopic (exact) mass is 202 g/mol. The minimum atomic E-state index is 0.272. The van der Waals surface area contributed by atoms with Crippen LogP contribution < -0.4 is 0 Å². The summed E-state index contributed by atoms with van der Waals surface area (Å²) in [5.41, 5.74) is 0. The number of hydrogen-bond donors (Lipinski definition) is 0. The molecule has 0 aromatic carbocycles. The third kappa shape index (κ3) is 4.14. The first-order chi connectivity index (χ1) is 6.34. The largest absolute Gasteiger partial charge is 0.381 e. The molecule has 0 radical (unpaired) electrons. The molecule has 1 rings (SSSR count). The third-order valence-corrected chi connectivity index (χ3v) is 3.66. The quantitative estimate of drug-likeness (QED) is 0.640. The van der Waals surface area contributed by atoms with Gasteiger partial charge < -0.3 is 4.74 Å². The van der Waals surface area contributed by atoms with E-state index in [0.717, 1.165) is 12.2 Å². The van der Waals surface area contributed by atoms with Gasteiger partial charge >= 0.3 is 0 Å². The van der Waals surface area contributed by atoms with Crippen LogP contribution in [0.25, 0.3) is 0 Å². The van der Waals surface area contributed by atoms with E-state index in [1.807, 2.05) is 18.7 Å². The zero-order valence-corrected chi connectivity index (χ0v) is 9.07. The number of ketones is 1. The maximum Gasteiger partial charge on any atom is 0.148 e. The zero-order chi connectivity index (χ0) is 9.52. The lowest BCUT2D eigenvalue weighted by molar-refractivity contribution is -0.119.